The van der Waals surface area contributed by atoms with E-state index in [2.05, 4.69) is 46.4 Å². The van der Waals surface area contributed by atoms with Crippen LogP contribution in [0.15, 0.2) is 63.7 Å². The molecule has 49 heavy (non-hydrogen) atoms. The van der Waals surface area contributed by atoms with Gasteiger partial charge in [0.2, 0.25) is 5.91 Å². The molecule has 1 saturated heterocycles. The molecule has 0 bridgehead atoms. The maximum Gasteiger partial charge on any atom is 0.271 e. The largest absolute Gasteiger partial charge is 0.352 e. The second-order valence-corrected chi connectivity index (χ2v) is 17.2. The fourth-order valence-electron chi connectivity index (χ4n) is 7.13. The van der Waals surface area contributed by atoms with Crippen molar-refractivity contribution in [2.45, 2.75) is 75.2 Å². The van der Waals surface area contributed by atoms with Crippen molar-refractivity contribution in [2.75, 3.05) is 17.7 Å². The molecule has 7 rings (SSSR count). The van der Waals surface area contributed by atoms with Gasteiger partial charge in [0, 0.05) is 55.1 Å². The van der Waals surface area contributed by atoms with Crippen LogP contribution in [0.3, 0.4) is 0 Å². The Balaban J connectivity index is 0.953. The molecular weight excluding hydrogens is 696 g/mol. The van der Waals surface area contributed by atoms with Gasteiger partial charge in [0.1, 0.15) is 25.8 Å². The van der Waals surface area contributed by atoms with Crippen LogP contribution in [0.1, 0.15) is 61.6 Å². The van der Waals surface area contributed by atoms with E-state index in [1.165, 1.54) is 29.2 Å². The molecule has 12 heteroatoms. The number of hydrogen-bond donors (Lipinski definition) is 1. The highest BCUT2D eigenvalue weighted by Crippen LogP contribution is 2.48. The Morgan fingerprint density at radius 2 is 1.92 bits per heavy atom. The molecular formula is C37H40FN4O3S4+. The van der Waals surface area contributed by atoms with Gasteiger partial charge in [-0.3, -0.25) is 19.0 Å². The van der Waals surface area contributed by atoms with Crippen LogP contribution in [0.5, 0.6) is 0 Å². The molecule has 2 aromatic heterocycles. The number of halogens is 1. The topological polar surface area (TPSA) is 75.3 Å². The molecule has 3 atom stereocenters. The van der Waals surface area contributed by atoms with Crippen molar-refractivity contribution in [3.8, 4) is 0 Å². The van der Waals surface area contributed by atoms with Crippen LogP contribution in [0.2, 0.25) is 0 Å². The molecule has 0 spiro atoms. The smallest absolute Gasteiger partial charge is 0.271 e. The van der Waals surface area contributed by atoms with E-state index in [1.807, 2.05) is 37.2 Å². The van der Waals surface area contributed by atoms with Crippen LogP contribution in [0.25, 0.3) is 11.1 Å². The number of ketones is 1. The second kappa shape index (κ2) is 15.0. The number of nitrogens with zero attached hydrogens (tertiary/aromatic N) is 3. The maximum atomic E-state index is 14.6. The SMILES string of the molecule is CCn1c(=O)/c(=C2\Sc3cccc(F)c3N2C)s/c1=C\c1scc[n+]1Cc1ccc(CNC(=O)CCCC[C@@H]2SC[C@@H]3CC(=O)C[C@@H]32)cc1. The van der Waals surface area contributed by atoms with E-state index >= 15 is 0 Å². The average molecular weight is 736 g/mol. The summed E-state index contributed by atoms with van der Waals surface area (Å²) in [6, 6.07) is 13.4. The summed E-state index contributed by atoms with van der Waals surface area (Å²) in [5.41, 5.74) is 2.66. The number of nitrogens with one attached hydrogen (secondary N) is 1. The van der Waals surface area contributed by atoms with Crippen LogP contribution in [0, 0.1) is 17.7 Å². The molecule has 7 nitrogen and oxygen atoms in total. The number of rotatable bonds is 11. The molecule has 1 N–H and O–H groups in total. The normalized spacial score (nSPS) is 21.4. The molecule has 2 aromatic carbocycles. The maximum absolute atomic E-state index is 14.6. The summed E-state index contributed by atoms with van der Waals surface area (Å²) >= 11 is 6.54. The Morgan fingerprint density at radius 1 is 1.10 bits per heavy atom. The number of amides is 1. The predicted octanol–water partition coefficient (Wildman–Crippen LogP) is 5.49. The van der Waals surface area contributed by atoms with Gasteiger partial charge >= 0.3 is 0 Å². The molecule has 0 unspecified atom stereocenters. The lowest BCUT2D eigenvalue weighted by atomic mass is 9.92. The van der Waals surface area contributed by atoms with Crippen molar-refractivity contribution < 1.29 is 18.5 Å². The first-order valence-corrected chi connectivity index (χ1v) is 20.5. The van der Waals surface area contributed by atoms with Crippen LogP contribution >= 0.6 is 46.2 Å². The van der Waals surface area contributed by atoms with E-state index in [0.29, 0.717) is 59.1 Å². The number of carbonyl (C=O) groups is 2. The predicted molar refractivity (Wildman–Crippen MR) is 199 cm³/mol. The number of unbranched alkanes of at least 4 members (excludes halogenated alkanes) is 1. The van der Waals surface area contributed by atoms with Gasteiger partial charge in [0.05, 0.1) is 17.1 Å². The molecule has 1 amide bonds. The van der Waals surface area contributed by atoms with Crippen molar-refractivity contribution in [1.82, 2.24) is 9.88 Å². The third-order valence-corrected chi connectivity index (χ3v) is 14.7. The Morgan fingerprint density at radius 3 is 2.71 bits per heavy atom. The number of thiazole rings is 2. The van der Waals surface area contributed by atoms with Crippen molar-refractivity contribution in [2.24, 2.45) is 11.8 Å². The monoisotopic (exact) mass is 735 g/mol. The van der Waals surface area contributed by atoms with Crippen molar-refractivity contribution in [1.29, 1.82) is 0 Å². The van der Waals surface area contributed by atoms with E-state index < -0.39 is 0 Å². The van der Waals surface area contributed by atoms with Gasteiger partial charge in [-0.2, -0.15) is 16.3 Å². The summed E-state index contributed by atoms with van der Waals surface area (Å²) in [4.78, 5) is 40.5. The van der Waals surface area contributed by atoms with Gasteiger partial charge < -0.3 is 10.2 Å². The summed E-state index contributed by atoms with van der Waals surface area (Å²) in [5, 5.41) is 7.50. The van der Waals surface area contributed by atoms with Crippen molar-refractivity contribution in [3.63, 3.8) is 0 Å². The zero-order valence-corrected chi connectivity index (χ0v) is 30.9. The first kappa shape index (κ1) is 34.3. The fourth-order valence-corrected chi connectivity index (χ4v) is 12.2. The third-order valence-electron chi connectivity index (χ3n) is 9.75. The van der Waals surface area contributed by atoms with Gasteiger partial charge in [-0.1, -0.05) is 59.9 Å². The van der Waals surface area contributed by atoms with Crippen LogP contribution in [0.4, 0.5) is 10.1 Å². The van der Waals surface area contributed by atoms with Gasteiger partial charge in [-0.25, -0.2) is 4.39 Å². The number of benzene rings is 2. The van der Waals surface area contributed by atoms with E-state index in [1.54, 1.807) is 26.9 Å². The molecule has 256 valence electrons. The first-order chi connectivity index (χ1) is 23.8. The number of fused-ring (bicyclic) bond motifs is 2. The number of carbonyl (C=O) groups excluding carboxylic acids is 2. The highest BCUT2D eigenvalue weighted by Gasteiger charge is 2.42. The number of hydrogen-bond acceptors (Lipinski definition) is 8. The van der Waals surface area contributed by atoms with E-state index in [-0.39, 0.29) is 17.3 Å². The molecule has 1 aliphatic carbocycles. The Labute approximate surface area is 301 Å². The lowest BCUT2D eigenvalue weighted by molar-refractivity contribution is -0.685. The molecule has 4 aromatic rings. The number of para-hydroxylation sites is 1. The zero-order chi connectivity index (χ0) is 34.1. The van der Waals surface area contributed by atoms with E-state index in [0.717, 1.165) is 68.6 Å². The number of Topliss-reactive ketones (excluding diaryl/α,β-unsaturated/α-hetero) is 1. The summed E-state index contributed by atoms with van der Waals surface area (Å²) < 4.78 is 20.0. The number of aromatic nitrogens is 2. The Bertz CT molecular complexity index is 2050. The zero-order valence-electron chi connectivity index (χ0n) is 27.7. The van der Waals surface area contributed by atoms with Gasteiger partial charge in [0.25, 0.3) is 10.6 Å². The molecule has 4 heterocycles. The van der Waals surface area contributed by atoms with Gasteiger partial charge in [-0.05, 0) is 55.1 Å². The van der Waals surface area contributed by atoms with E-state index in [9.17, 15) is 18.8 Å². The lowest BCUT2D eigenvalue weighted by Crippen LogP contribution is -2.36. The molecule has 2 aliphatic heterocycles. The van der Waals surface area contributed by atoms with Crippen LogP contribution in [-0.4, -0.2) is 34.3 Å². The Hall–Kier alpha value is -3.19. The lowest BCUT2D eigenvalue weighted by Gasteiger charge is -2.16. The van der Waals surface area contributed by atoms with Gasteiger partial charge in [0.15, 0.2) is 12.7 Å². The fraction of sp³-hybridized carbons (Fsp3) is 0.405. The van der Waals surface area contributed by atoms with Crippen LogP contribution in [-0.2, 0) is 29.2 Å². The summed E-state index contributed by atoms with van der Waals surface area (Å²) in [5.74, 6) is 2.53. The average Bonchev–Trinajstić information content (AvgIpc) is 3.90. The number of anilines is 1. The molecule has 0 radical (unpaired) electrons. The summed E-state index contributed by atoms with van der Waals surface area (Å²) in [6.45, 7) is 3.69. The summed E-state index contributed by atoms with van der Waals surface area (Å²) in [7, 11) is 1.82. The highest BCUT2D eigenvalue weighted by molar-refractivity contribution is 8.08. The first-order valence-electron chi connectivity index (χ1n) is 16.9. The minimum atomic E-state index is -0.290. The summed E-state index contributed by atoms with van der Waals surface area (Å²) in [6.07, 6.45) is 9.24. The van der Waals surface area contributed by atoms with Crippen molar-refractivity contribution in [3.05, 3.63) is 95.5 Å². The Kier molecular flexibility index (Phi) is 10.5. The van der Waals surface area contributed by atoms with E-state index in [4.69, 9.17) is 0 Å². The quantitative estimate of drug-likeness (QED) is 0.162. The number of thioether (sulfide) groups is 2. The second-order valence-electron chi connectivity index (χ2n) is 13.0. The minimum Gasteiger partial charge on any atom is -0.352 e. The van der Waals surface area contributed by atoms with Crippen LogP contribution < -0.4 is 29.5 Å². The molecule has 1 saturated carbocycles. The molecule has 3 aliphatic rings. The molecule has 2 fully saturated rings. The van der Waals surface area contributed by atoms with Gasteiger partial charge in [-0.15, -0.1) is 11.3 Å². The third kappa shape index (κ3) is 7.34. The van der Waals surface area contributed by atoms with Crippen molar-refractivity contribution >= 4 is 74.7 Å². The standard InChI is InChI=1S/C37H39FN4O3S4/c1-3-42-33(49-35(36(42)45)37-40(2)34-28(38)7-6-9-30(34)48-37)19-32-41(15-16-46-32)21-24-13-11-23(12-14-24)20-39-31(44)10-5-4-8-29-27-18-26(43)17-25(27)22-47-29/h6-7,9,11-16,19,25,27,29H,3-5,8,10,17-18,20-22H2,1-2H3/p+1/b37-35+/t25-,27-,29-/m0/s1. The highest BCUT2D eigenvalue weighted by atomic mass is 32.2. The minimum absolute atomic E-state index is 0.0592.